The number of aliphatic hydroxyl groups excluding tert-OH is 1. The number of carbonyl (C=O) groups is 2. The number of halogens is 2. The first-order chi connectivity index (χ1) is 15.0. The lowest BCUT2D eigenvalue weighted by atomic mass is 9.87. The molecule has 0 fully saturated rings. The molecule has 2 aromatic carbocycles. The molecule has 7 nitrogen and oxygen atoms in total. The van der Waals surface area contributed by atoms with E-state index in [2.05, 4.69) is 5.32 Å². The molecule has 0 saturated carbocycles. The molecule has 3 aromatic rings. The Morgan fingerprint density at radius 2 is 1.59 bits per heavy atom. The highest BCUT2D eigenvalue weighted by Gasteiger charge is 2.27. The number of rotatable bonds is 7. The second kappa shape index (κ2) is 9.50. The monoisotopic (exact) mass is 478 g/mol. The van der Waals surface area contributed by atoms with Crippen LogP contribution >= 0.6 is 23.2 Å². The molecule has 3 rings (SSSR count). The minimum atomic E-state index is -1.88. The zero-order chi connectivity index (χ0) is 23.7. The summed E-state index contributed by atoms with van der Waals surface area (Å²) in [7, 11) is 1.69. The number of carbonyl (C=O) groups excluding carboxylic acids is 1. The van der Waals surface area contributed by atoms with Crippen LogP contribution in [0.2, 0.25) is 10.0 Å². The number of fused-ring (bicyclic) bond motifs is 1. The maximum Gasteiger partial charge on any atom is 0.311 e. The van der Waals surface area contributed by atoms with Crippen molar-refractivity contribution in [2.75, 3.05) is 0 Å². The third-order valence-electron chi connectivity index (χ3n) is 5.52. The lowest BCUT2D eigenvalue weighted by Crippen LogP contribution is -2.37. The van der Waals surface area contributed by atoms with Crippen molar-refractivity contribution < 1.29 is 24.9 Å². The molecule has 1 heterocycles. The predicted octanol–water partition coefficient (Wildman–Crippen LogP) is 4.09. The van der Waals surface area contributed by atoms with Gasteiger partial charge in [-0.3, -0.25) is 9.59 Å². The van der Waals surface area contributed by atoms with Gasteiger partial charge in [0.05, 0.1) is 16.0 Å². The van der Waals surface area contributed by atoms with Crippen molar-refractivity contribution in [3.63, 3.8) is 0 Å². The van der Waals surface area contributed by atoms with E-state index in [1.807, 2.05) is 13.8 Å². The molecule has 9 heteroatoms. The molecule has 170 valence electrons. The Balaban J connectivity index is 1.90. The summed E-state index contributed by atoms with van der Waals surface area (Å²) in [5.41, 5.74) is 1.97. The standard InChI is InChI=1S/C23H24Cl2N2O5/c1-11(2)18(22(29)30)12-4-6-13(7-5-12)20(23(31)32)26-21(28)17-10-14-16(27(17)3)9-8-15(24)19(14)25/h4-11,18,20,23,31-32H,1-3H3,(H,26,28)(H,29,30)/t18?,20-/m0/s1. The molecule has 1 unspecified atom stereocenters. The first kappa shape index (κ1) is 24.1. The first-order valence-electron chi connectivity index (χ1n) is 9.96. The SMILES string of the molecule is CC(C)C(C(=O)O)c1ccc([C@H](NC(=O)c2cc3c(Cl)c(Cl)ccc3n2C)C(O)O)cc1. The summed E-state index contributed by atoms with van der Waals surface area (Å²) in [6.07, 6.45) is -1.88. The van der Waals surface area contributed by atoms with Crippen LogP contribution in [0.5, 0.6) is 0 Å². The topological polar surface area (TPSA) is 112 Å². The van der Waals surface area contributed by atoms with E-state index >= 15 is 0 Å². The van der Waals surface area contributed by atoms with Crippen LogP contribution in [0.1, 0.15) is 47.4 Å². The number of hydrogen-bond acceptors (Lipinski definition) is 4. The molecule has 4 N–H and O–H groups in total. The number of carboxylic acid groups (broad SMARTS) is 1. The van der Waals surface area contributed by atoms with Crippen molar-refractivity contribution in [1.82, 2.24) is 9.88 Å². The molecule has 2 atom stereocenters. The van der Waals surface area contributed by atoms with E-state index in [1.165, 1.54) is 0 Å². The van der Waals surface area contributed by atoms with Crippen LogP contribution in [-0.2, 0) is 11.8 Å². The number of aliphatic carboxylic acids is 1. The summed E-state index contributed by atoms with van der Waals surface area (Å²) in [4.78, 5) is 24.5. The van der Waals surface area contributed by atoms with E-state index in [0.717, 1.165) is 0 Å². The van der Waals surface area contributed by atoms with Crippen LogP contribution in [0, 0.1) is 5.92 Å². The van der Waals surface area contributed by atoms with Gasteiger partial charge in [-0.25, -0.2) is 0 Å². The molecule has 0 radical (unpaired) electrons. The zero-order valence-electron chi connectivity index (χ0n) is 17.7. The molecule has 0 aliphatic heterocycles. The molecule has 0 aliphatic carbocycles. The van der Waals surface area contributed by atoms with Gasteiger partial charge >= 0.3 is 5.97 Å². The maximum atomic E-state index is 13.0. The Morgan fingerprint density at radius 3 is 2.12 bits per heavy atom. The summed E-state index contributed by atoms with van der Waals surface area (Å²) in [5.74, 6) is -2.29. The summed E-state index contributed by atoms with van der Waals surface area (Å²) < 4.78 is 1.64. The van der Waals surface area contributed by atoms with Gasteiger partial charge in [-0.05, 0) is 35.2 Å². The van der Waals surface area contributed by atoms with Gasteiger partial charge in [0.15, 0.2) is 6.29 Å². The lowest BCUT2D eigenvalue weighted by molar-refractivity contribution is -0.139. The van der Waals surface area contributed by atoms with Gasteiger partial charge in [0.1, 0.15) is 11.7 Å². The fourth-order valence-corrected chi connectivity index (χ4v) is 4.21. The average molecular weight is 479 g/mol. The summed E-state index contributed by atoms with van der Waals surface area (Å²) in [6, 6.07) is 10.2. The lowest BCUT2D eigenvalue weighted by Gasteiger charge is -2.22. The number of aryl methyl sites for hydroxylation is 1. The molecular formula is C23H24Cl2N2O5. The van der Waals surface area contributed by atoms with Crippen LogP contribution in [-0.4, -0.2) is 38.1 Å². The van der Waals surface area contributed by atoms with Gasteiger partial charge in [0.2, 0.25) is 0 Å². The first-order valence-corrected chi connectivity index (χ1v) is 10.7. The van der Waals surface area contributed by atoms with E-state index in [-0.39, 0.29) is 11.6 Å². The van der Waals surface area contributed by atoms with E-state index < -0.39 is 30.1 Å². The van der Waals surface area contributed by atoms with Gasteiger partial charge in [-0.15, -0.1) is 0 Å². The van der Waals surface area contributed by atoms with Crippen LogP contribution in [0.3, 0.4) is 0 Å². The highest BCUT2D eigenvalue weighted by Crippen LogP contribution is 2.33. The van der Waals surface area contributed by atoms with Gasteiger partial charge in [0.25, 0.3) is 5.91 Å². The van der Waals surface area contributed by atoms with E-state index in [0.29, 0.717) is 32.1 Å². The number of amides is 1. The van der Waals surface area contributed by atoms with Crippen LogP contribution < -0.4 is 5.32 Å². The average Bonchev–Trinajstić information content (AvgIpc) is 3.06. The zero-order valence-corrected chi connectivity index (χ0v) is 19.2. The van der Waals surface area contributed by atoms with E-state index in [4.69, 9.17) is 23.2 Å². The van der Waals surface area contributed by atoms with Gasteiger partial charge in [0, 0.05) is 18.0 Å². The predicted molar refractivity (Wildman–Crippen MR) is 123 cm³/mol. The quantitative estimate of drug-likeness (QED) is 0.382. The van der Waals surface area contributed by atoms with Crippen molar-refractivity contribution in [1.29, 1.82) is 0 Å². The minimum Gasteiger partial charge on any atom is -0.481 e. The fraction of sp³-hybridized carbons (Fsp3) is 0.304. The number of aromatic nitrogens is 1. The molecule has 1 aromatic heterocycles. The van der Waals surface area contributed by atoms with Gasteiger partial charge in [-0.1, -0.05) is 61.3 Å². The Morgan fingerprint density at radius 1 is 1.00 bits per heavy atom. The fourth-order valence-electron chi connectivity index (χ4n) is 3.84. The largest absolute Gasteiger partial charge is 0.481 e. The van der Waals surface area contributed by atoms with Gasteiger partial charge < -0.3 is 25.2 Å². The second-order valence-electron chi connectivity index (χ2n) is 7.97. The summed E-state index contributed by atoms with van der Waals surface area (Å²) in [6.45, 7) is 3.63. The number of nitrogens with one attached hydrogen (secondary N) is 1. The van der Waals surface area contributed by atoms with Crippen molar-refractivity contribution in [2.24, 2.45) is 13.0 Å². The van der Waals surface area contributed by atoms with Crippen LogP contribution in [0.15, 0.2) is 42.5 Å². The smallest absolute Gasteiger partial charge is 0.311 e. The maximum absolute atomic E-state index is 13.0. The molecule has 0 bridgehead atoms. The summed E-state index contributed by atoms with van der Waals surface area (Å²) in [5, 5.41) is 33.2. The van der Waals surface area contributed by atoms with Crippen molar-refractivity contribution in [3.05, 3.63) is 69.3 Å². The summed E-state index contributed by atoms with van der Waals surface area (Å²) >= 11 is 12.3. The third kappa shape index (κ3) is 4.61. The Labute approximate surface area is 195 Å². The highest BCUT2D eigenvalue weighted by molar-refractivity contribution is 6.45. The Bertz CT molecular complexity index is 1160. The number of hydrogen-bond donors (Lipinski definition) is 4. The number of aliphatic hydroxyl groups is 2. The van der Waals surface area contributed by atoms with Crippen molar-refractivity contribution in [2.45, 2.75) is 32.1 Å². The molecule has 32 heavy (non-hydrogen) atoms. The molecular weight excluding hydrogens is 455 g/mol. The van der Waals surface area contributed by atoms with E-state index in [1.54, 1.807) is 54.1 Å². The number of nitrogens with zero attached hydrogens (tertiary/aromatic N) is 1. The Hall–Kier alpha value is -2.58. The molecule has 0 aliphatic rings. The third-order valence-corrected chi connectivity index (χ3v) is 6.34. The number of carboxylic acids is 1. The molecule has 0 spiro atoms. The van der Waals surface area contributed by atoms with Crippen LogP contribution in [0.4, 0.5) is 0 Å². The normalized spacial score (nSPS) is 13.5. The highest BCUT2D eigenvalue weighted by atomic mass is 35.5. The van der Waals surface area contributed by atoms with E-state index in [9.17, 15) is 24.9 Å². The van der Waals surface area contributed by atoms with Crippen LogP contribution in [0.25, 0.3) is 10.9 Å². The second-order valence-corrected chi connectivity index (χ2v) is 8.76. The number of benzene rings is 2. The van der Waals surface area contributed by atoms with Gasteiger partial charge in [-0.2, -0.15) is 0 Å². The van der Waals surface area contributed by atoms with Crippen molar-refractivity contribution >= 4 is 46.0 Å². The minimum absolute atomic E-state index is 0.121. The Kier molecular flexibility index (Phi) is 7.15. The van der Waals surface area contributed by atoms with Crippen molar-refractivity contribution in [3.8, 4) is 0 Å². The molecule has 1 amide bonds. The molecule has 0 saturated heterocycles.